The molecular formula is C6H13Cl2N. The molecule has 0 heterocycles. The Morgan fingerprint density at radius 3 is 2.22 bits per heavy atom. The van der Waals surface area contributed by atoms with Crippen LogP contribution in [-0.2, 0) is 0 Å². The molecular weight excluding hydrogens is 157 g/mol. The van der Waals surface area contributed by atoms with Gasteiger partial charge in [0.05, 0.1) is 5.38 Å². The minimum Gasteiger partial charge on any atom is -0.330 e. The molecule has 0 aromatic carbocycles. The number of rotatable bonds is 4. The standard InChI is InChI=1S/C6H13Cl2N/c1-2-5(7)6(8)3-4-9/h5-6H,2-4,9H2,1H3. The van der Waals surface area contributed by atoms with Gasteiger partial charge in [-0.3, -0.25) is 0 Å². The predicted octanol–water partition coefficient (Wildman–Crippen LogP) is 1.96. The fourth-order valence-corrected chi connectivity index (χ4v) is 1.03. The maximum Gasteiger partial charge on any atom is 0.0511 e. The molecule has 0 bridgehead atoms. The number of nitrogens with two attached hydrogens (primary N) is 1. The third-order valence-electron chi connectivity index (χ3n) is 1.22. The van der Waals surface area contributed by atoms with Crippen molar-refractivity contribution in [2.75, 3.05) is 6.54 Å². The molecule has 56 valence electrons. The van der Waals surface area contributed by atoms with Gasteiger partial charge in [-0.15, -0.1) is 23.2 Å². The minimum absolute atomic E-state index is 0.0432. The summed E-state index contributed by atoms with van der Waals surface area (Å²) < 4.78 is 0. The highest BCUT2D eigenvalue weighted by Gasteiger charge is 2.12. The fourth-order valence-electron chi connectivity index (χ4n) is 0.596. The number of hydrogen-bond acceptors (Lipinski definition) is 1. The second kappa shape index (κ2) is 5.33. The molecule has 0 rings (SSSR count). The van der Waals surface area contributed by atoms with E-state index < -0.39 is 0 Å². The molecule has 3 heteroatoms. The van der Waals surface area contributed by atoms with Crippen LogP contribution in [0.15, 0.2) is 0 Å². The van der Waals surface area contributed by atoms with Crippen molar-refractivity contribution < 1.29 is 0 Å². The molecule has 0 aromatic heterocycles. The van der Waals surface area contributed by atoms with E-state index >= 15 is 0 Å². The van der Waals surface area contributed by atoms with Gasteiger partial charge in [-0.05, 0) is 19.4 Å². The van der Waals surface area contributed by atoms with Crippen molar-refractivity contribution in [3.05, 3.63) is 0 Å². The van der Waals surface area contributed by atoms with Crippen LogP contribution in [0.3, 0.4) is 0 Å². The molecule has 0 aromatic rings. The second-order valence-electron chi connectivity index (χ2n) is 2.02. The Morgan fingerprint density at radius 1 is 1.33 bits per heavy atom. The molecule has 0 saturated carbocycles. The number of hydrogen-bond donors (Lipinski definition) is 1. The lowest BCUT2D eigenvalue weighted by Gasteiger charge is -2.11. The third-order valence-corrected chi connectivity index (χ3v) is 2.49. The van der Waals surface area contributed by atoms with E-state index in [0.29, 0.717) is 6.54 Å². The smallest absolute Gasteiger partial charge is 0.0511 e. The van der Waals surface area contributed by atoms with Crippen LogP contribution >= 0.6 is 23.2 Å². The van der Waals surface area contributed by atoms with Gasteiger partial charge in [0.25, 0.3) is 0 Å². The SMILES string of the molecule is CCC(Cl)C(Cl)CCN. The average Bonchev–Trinajstić information content (AvgIpc) is 1.87. The average molecular weight is 170 g/mol. The van der Waals surface area contributed by atoms with Gasteiger partial charge in [0, 0.05) is 5.38 Å². The van der Waals surface area contributed by atoms with E-state index in [4.69, 9.17) is 28.9 Å². The van der Waals surface area contributed by atoms with Crippen LogP contribution in [0.25, 0.3) is 0 Å². The molecule has 0 aliphatic carbocycles. The Labute approximate surface area is 66.5 Å². The van der Waals surface area contributed by atoms with Gasteiger partial charge < -0.3 is 5.73 Å². The van der Waals surface area contributed by atoms with Crippen molar-refractivity contribution in [3.8, 4) is 0 Å². The van der Waals surface area contributed by atoms with Gasteiger partial charge in [-0.2, -0.15) is 0 Å². The molecule has 2 N–H and O–H groups in total. The third kappa shape index (κ3) is 4.01. The first-order chi connectivity index (χ1) is 4.22. The summed E-state index contributed by atoms with van der Waals surface area (Å²) in [5.74, 6) is 0. The van der Waals surface area contributed by atoms with Gasteiger partial charge in [0.15, 0.2) is 0 Å². The molecule has 0 saturated heterocycles. The molecule has 2 atom stereocenters. The van der Waals surface area contributed by atoms with Crippen LogP contribution in [0.4, 0.5) is 0 Å². The summed E-state index contributed by atoms with van der Waals surface area (Å²) in [6.07, 6.45) is 1.72. The van der Waals surface area contributed by atoms with Gasteiger partial charge >= 0.3 is 0 Å². The van der Waals surface area contributed by atoms with Crippen LogP contribution in [0, 0.1) is 0 Å². The monoisotopic (exact) mass is 169 g/mol. The van der Waals surface area contributed by atoms with E-state index in [1.165, 1.54) is 0 Å². The lowest BCUT2D eigenvalue weighted by atomic mass is 10.2. The molecule has 2 unspecified atom stereocenters. The summed E-state index contributed by atoms with van der Waals surface area (Å²) in [6, 6.07) is 0. The molecule has 0 aliphatic heterocycles. The van der Waals surface area contributed by atoms with E-state index in [-0.39, 0.29) is 10.8 Å². The normalized spacial score (nSPS) is 17.3. The highest BCUT2D eigenvalue weighted by molar-refractivity contribution is 6.29. The van der Waals surface area contributed by atoms with E-state index in [2.05, 4.69) is 0 Å². The Morgan fingerprint density at radius 2 is 1.89 bits per heavy atom. The van der Waals surface area contributed by atoms with E-state index in [0.717, 1.165) is 12.8 Å². The maximum absolute atomic E-state index is 5.82. The van der Waals surface area contributed by atoms with Crippen molar-refractivity contribution in [2.24, 2.45) is 5.73 Å². The van der Waals surface area contributed by atoms with Crippen molar-refractivity contribution in [1.82, 2.24) is 0 Å². The van der Waals surface area contributed by atoms with Crippen LogP contribution in [0.1, 0.15) is 19.8 Å². The molecule has 9 heavy (non-hydrogen) atoms. The highest BCUT2D eigenvalue weighted by Crippen LogP contribution is 2.15. The zero-order valence-corrected chi connectivity index (χ0v) is 7.12. The van der Waals surface area contributed by atoms with Crippen LogP contribution in [-0.4, -0.2) is 17.3 Å². The number of alkyl halides is 2. The highest BCUT2D eigenvalue weighted by atomic mass is 35.5. The Kier molecular flexibility index (Phi) is 5.65. The van der Waals surface area contributed by atoms with Gasteiger partial charge in [0.2, 0.25) is 0 Å². The lowest BCUT2D eigenvalue weighted by Crippen LogP contribution is -2.17. The van der Waals surface area contributed by atoms with Gasteiger partial charge in [0.1, 0.15) is 0 Å². The largest absolute Gasteiger partial charge is 0.330 e. The van der Waals surface area contributed by atoms with E-state index in [9.17, 15) is 0 Å². The molecule has 0 fully saturated rings. The van der Waals surface area contributed by atoms with E-state index in [1.54, 1.807) is 0 Å². The first-order valence-corrected chi connectivity index (χ1v) is 4.07. The zero-order chi connectivity index (χ0) is 7.28. The van der Waals surface area contributed by atoms with Gasteiger partial charge in [-0.25, -0.2) is 0 Å². The first kappa shape index (κ1) is 9.54. The molecule has 0 amide bonds. The Bertz CT molecular complexity index is 68.1. The fraction of sp³-hybridized carbons (Fsp3) is 1.00. The zero-order valence-electron chi connectivity index (χ0n) is 5.61. The summed E-state index contributed by atoms with van der Waals surface area (Å²) in [5, 5.41) is 0.122. The summed E-state index contributed by atoms with van der Waals surface area (Å²) in [5.41, 5.74) is 5.28. The summed E-state index contributed by atoms with van der Waals surface area (Å²) in [7, 11) is 0. The maximum atomic E-state index is 5.82. The van der Waals surface area contributed by atoms with Crippen LogP contribution in [0.5, 0.6) is 0 Å². The van der Waals surface area contributed by atoms with Gasteiger partial charge in [-0.1, -0.05) is 6.92 Å². The topological polar surface area (TPSA) is 26.0 Å². The van der Waals surface area contributed by atoms with Crippen molar-refractivity contribution in [3.63, 3.8) is 0 Å². The second-order valence-corrected chi connectivity index (χ2v) is 3.14. The first-order valence-electron chi connectivity index (χ1n) is 3.20. The van der Waals surface area contributed by atoms with Crippen molar-refractivity contribution in [2.45, 2.75) is 30.5 Å². The van der Waals surface area contributed by atoms with Crippen LogP contribution in [0.2, 0.25) is 0 Å². The number of halogens is 2. The minimum atomic E-state index is 0.0432. The quantitative estimate of drug-likeness (QED) is 0.641. The summed E-state index contributed by atoms with van der Waals surface area (Å²) in [6.45, 7) is 2.64. The Balaban J connectivity index is 3.32. The van der Waals surface area contributed by atoms with Crippen molar-refractivity contribution >= 4 is 23.2 Å². The van der Waals surface area contributed by atoms with Crippen molar-refractivity contribution in [1.29, 1.82) is 0 Å². The summed E-state index contributed by atoms with van der Waals surface area (Å²) in [4.78, 5) is 0. The molecule has 1 nitrogen and oxygen atoms in total. The lowest BCUT2D eigenvalue weighted by molar-refractivity contribution is 0.691. The van der Waals surface area contributed by atoms with Crippen LogP contribution < -0.4 is 5.73 Å². The summed E-state index contributed by atoms with van der Waals surface area (Å²) >= 11 is 11.6. The molecule has 0 radical (unpaired) electrons. The molecule has 0 spiro atoms. The molecule has 0 aliphatic rings. The van der Waals surface area contributed by atoms with E-state index in [1.807, 2.05) is 6.92 Å². The Hall–Kier alpha value is 0.540. The predicted molar refractivity (Wildman–Crippen MR) is 43.2 cm³/mol.